The molecule has 10 heteroatoms. The molecule has 0 amide bonds. The molecule has 266 valence electrons. The Morgan fingerprint density at radius 2 is 1.12 bits per heavy atom. The van der Waals surface area contributed by atoms with Crippen molar-refractivity contribution in [2.75, 3.05) is 0 Å². The van der Waals surface area contributed by atoms with Gasteiger partial charge in [-0.1, -0.05) is 99.6 Å². The summed E-state index contributed by atoms with van der Waals surface area (Å²) in [5.74, 6) is -0.531. The van der Waals surface area contributed by atoms with Gasteiger partial charge < -0.3 is 32.6 Å². The van der Waals surface area contributed by atoms with E-state index in [1.165, 1.54) is 16.4 Å². The standard InChI is InChI=1S/C23H26O4Si.C19H14O5/c1-17-18(15-21(27-17)22(24)25)16-26-28(23(2,3)4,19-11-7-5-8-12-19)20-13-9-6-10-14-20;1-11-12(8-18(23-11)19(20)21)10-22-13-6-7-15-14-4-2-3-5-16(14)24-17(15)9-13/h5-15H,16H2,1-4H3,(H,24,25);2-9H,10H2,1H3,(H,20,21). The van der Waals surface area contributed by atoms with E-state index >= 15 is 0 Å². The lowest BCUT2D eigenvalue weighted by molar-refractivity contribution is 0.0651. The molecule has 9 nitrogen and oxygen atoms in total. The van der Waals surface area contributed by atoms with E-state index in [0.29, 0.717) is 29.4 Å². The molecule has 7 rings (SSSR count). The average molecular weight is 717 g/mol. The highest BCUT2D eigenvalue weighted by Crippen LogP contribution is 2.38. The van der Waals surface area contributed by atoms with E-state index in [4.69, 9.17) is 27.5 Å². The molecule has 2 N–H and O–H groups in total. The average Bonchev–Trinajstić information content (AvgIpc) is 3.82. The van der Waals surface area contributed by atoms with Crippen molar-refractivity contribution < 1.29 is 42.2 Å². The molecule has 0 saturated carbocycles. The van der Waals surface area contributed by atoms with E-state index in [2.05, 4.69) is 45.0 Å². The van der Waals surface area contributed by atoms with Crippen LogP contribution in [0.1, 0.15) is 64.5 Å². The molecular weight excluding hydrogens is 677 g/mol. The highest BCUT2D eigenvalue weighted by atomic mass is 28.4. The molecule has 7 aromatic rings. The predicted octanol–water partition coefficient (Wildman–Crippen LogP) is 9.13. The van der Waals surface area contributed by atoms with Gasteiger partial charge in [-0.15, -0.1) is 0 Å². The maximum Gasteiger partial charge on any atom is 0.371 e. The SMILES string of the molecule is Cc1oc(C(=O)O)cc1CO[Si](c1ccccc1)(c1ccccc1)C(C)(C)C.Cc1oc(C(=O)O)cc1COc1ccc2c(c1)oc1ccccc12. The van der Waals surface area contributed by atoms with Crippen LogP contribution in [0.3, 0.4) is 0 Å². The van der Waals surface area contributed by atoms with Crippen molar-refractivity contribution in [3.63, 3.8) is 0 Å². The van der Waals surface area contributed by atoms with Gasteiger partial charge in [-0.25, -0.2) is 9.59 Å². The van der Waals surface area contributed by atoms with Gasteiger partial charge in [0.2, 0.25) is 11.5 Å². The fraction of sp³-hybridized carbons (Fsp3) is 0.190. The number of carbonyl (C=O) groups is 2. The Labute approximate surface area is 302 Å². The molecule has 3 heterocycles. The van der Waals surface area contributed by atoms with Crippen LogP contribution in [0.15, 0.2) is 129 Å². The van der Waals surface area contributed by atoms with Gasteiger partial charge in [0.05, 0.1) is 6.61 Å². The first kappa shape index (κ1) is 36.0. The maximum atomic E-state index is 11.2. The summed E-state index contributed by atoms with van der Waals surface area (Å²) in [7, 11) is -2.66. The minimum absolute atomic E-state index is 0.0569. The molecule has 3 aromatic heterocycles. The molecule has 0 atom stereocenters. The molecule has 0 saturated heterocycles. The van der Waals surface area contributed by atoms with Gasteiger partial charge in [-0.3, -0.25) is 0 Å². The molecule has 0 radical (unpaired) electrons. The number of aryl methyl sites for hydroxylation is 2. The van der Waals surface area contributed by atoms with Crippen LogP contribution in [-0.4, -0.2) is 30.5 Å². The molecule has 0 aliphatic heterocycles. The van der Waals surface area contributed by atoms with Gasteiger partial charge in [0.25, 0.3) is 8.32 Å². The smallest absolute Gasteiger partial charge is 0.371 e. The van der Waals surface area contributed by atoms with Gasteiger partial charge in [0.1, 0.15) is 35.0 Å². The molecule has 0 unspecified atom stereocenters. The van der Waals surface area contributed by atoms with E-state index in [-0.39, 0.29) is 23.2 Å². The van der Waals surface area contributed by atoms with Crippen molar-refractivity contribution in [2.24, 2.45) is 0 Å². The van der Waals surface area contributed by atoms with Crippen LogP contribution in [0.5, 0.6) is 5.75 Å². The summed E-state index contributed by atoms with van der Waals surface area (Å²) in [6, 6.07) is 37.3. The number of furan rings is 3. The largest absolute Gasteiger partial charge is 0.489 e. The Morgan fingerprint density at radius 1 is 0.615 bits per heavy atom. The number of hydrogen-bond donors (Lipinski definition) is 2. The first-order chi connectivity index (χ1) is 24.9. The van der Waals surface area contributed by atoms with Gasteiger partial charge in [0.15, 0.2) is 0 Å². The number of hydrogen-bond acceptors (Lipinski definition) is 7. The number of rotatable bonds is 10. The van der Waals surface area contributed by atoms with Crippen LogP contribution in [-0.2, 0) is 17.6 Å². The van der Waals surface area contributed by atoms with E-state index < -0.39 is 20.3 Å². The van der Waals surface area contributed by atoms with E-state index in [1.54, 1.807) is 19.9 Å². The summed E-state index contributed by atoms with van der Waals surface area (Å²) in [5.41, 5.74) is 3.06. The van der Waals surface area contributed by atoms with E-state index in [9.17, 15) is 14.7 Å². The predicted molar refractivity (Wildman–Crippen MR) is 201 cm³/mol. The zero-order chi connectivity index (χ0) is 37.0. The van der Waals surface area contributed by atoms with Gasteiger partial charge in [-0.05, 0) is 59.6 Å². The second-order valence-electron chi connectivity index (χ2n) is 13.5. The number of benzene rings is 4. The van der Waals surface area contributed by atoms with E-state index in [0.717, 1.165) is 27.5 Å². The number of ether oxygens (including phenoxy) is 1. The summed E-state index contributed by atoms with van der Waals surface area (Å²) in [5, 5.41) is 22.5. The topological polar surface area (TPSA) is 132 Å². The van der Waals surface area contributed by atoms with E-state index in [1.807, 2.05) is 78.9 Å². The monoisotopic (exact) mass is 716 g/mol. The zero-order valence-electron chi connectivity index (χ0n) is 29.6. The van der Waals surface area contributed by atoms with Crippen LogP contribution < -0.4 is 15.1 Å². The lowest BCUT2D eigenvalue weighted by Gasteiger charge is -2.43. The quantitative estimate of drug-likeness (QED) is 0.133. The third kappa shape index (κ3) is 7.30. The third-order valence-electron chi connectivity index (χ3n) is 9.07. The normalized spacial score (nSPS) is 11.7. The Bertz CT molecular complexity index is 2290. The number of para-hydroxylation sites is 1. The van der Waals surface area contributed by atoms with Crippen LogP contribution in [0.2, 0.25) is 5.04 Å². The Morgan fingerprint density at radius 3 is 1.63 bits per heavy atom. The summed E-state index contributed by atoms with van der Waals surface area (Å²) in [4.78, 5) is 22.2. The van der Waals surface area contributed by atoms with Crippen molar-refractivity contribution >= 4 is 52.6 Å². The molecule has 0 aliphatic carbocycles. The maximum absolute atomic E-state index is 11.2. The van der Waals surface area contributed by atoms with Gasteiger partial charge >= 0.3 is 11.9 Å². The number of aromatic carboxylic acids is 2. The van der Waals surface area contributed by atoms with Crippen LogP contribution in [0.25, 0.3) is 21.9 Å². The van der Waals surface area contributed by atoms with Crippen molar-refractivity contribution in [3.8, 4) is 5.75 Å². The molecule has 52 heavy (non-hydrogen) atoms. The minimum Gasteiger partial charge on any atom is -0.489 e. The van der Waals surface area contributed by atoms with Crippen molar-refractivity contribution in [1.82, 2.24) is 0 Å². The number of carboxylic acid groups (broad SMARTS) is 2. The second-order valence-corrected chi connectivity index (χ2v) is 17.8. The fourth-order valence-corrected chi connectivity index (χ4v) is 11.0. The fourth-order valence-electron chi connectivity index (χ4n) is 6.44. The number of carboxylic acids is 2. The van der Waals surface area contributed by atoms with Crippen LogP contribution in [0.4, 0.5) is 0 Å². The van der Waals surface area contributed by atoms with Gasteiger partial charge in [0, 0.05) is 28.0 Å². The minimum atomic E-state index is -2.66. The van der Waals surface area contributed by atoms with Crippen LogP contribution >= 0.6 is 0 Å². The second kappa shape index (κ2) is 14.8. The lowest BCUT2D eigenvalue weighted by atomic mass is 10.1. The zero-order valence-corrected chi connectivity index (χ0v) is 30.6. The summed E-state index contributed by atoms with van der Waals surface area (Å²) in [6.07, 6.45) is 0. The van der Waals surface area contributed by atoms with Gasteiger partial charge in [-0.2, -0.15) is 0 Å². The Balaban J connectivity index is 0.000000180. The molecular formula is C42H40O9Si. The first-order valence-corrected chi connectivity index (χ1v) is 18.7. The molecule has 0 fully saturated rings. The van der Waals surface area contributed by atoms with Crippen LogP contribution in [0, 0.1) is 13.8 Å². The van der Waals surface area contributed by atoms with Crippen molar-refractivity contribution in [2.45, 2.75) is 52.9 Å². The Kier molecular flexibility index (Phi) is 10.2. The highest BCUT2D eigenvalue weighted by Gasteiger charge is 2.50. The third-order valence-corrected chi connectivity index (χ3v) is 14.1. The highest BCUT2D eigenvalue weighted by molar-refractivity contribution is 6.99. The van der Waals surface area contributed by atoms with Crippen molar-refractivity contribution in [3.05, 3.63) is 149 Å². The Hall–Kier alpha value is -5.84. The summed E-state index contributed by atoms with van der Waals surface area (Å²) >= 11 is 0. The molecule has 4 aromatic carbocycles. The lowest BCUT2D eigenvalue weighted by Crippen LogP contribution is -2.66. The summed E-state index contributed by atoms with van der Waals surface area (Å²) in [6.45, 7) is 10.7. The summed E-state index contributed by atoms with van der Waals surface area (Å²) < 4.78 is 28.9. The molecule has 0 aliphatic rings. The van der Waals surface area contributed by atoms with Crippen molar-refractivity contribution in [1.29, 1.82) is 0 Å². The number of fused-ring (bicyclic) bond motifs is 3. The molecule has 0 bridgehead atoms. The first-order valence-electron chi connectivity index (χ1n) is 16.8. The molecule has 0 spiro atoms.